The largest absolute Gasteiger partial charge is 0.396 e. The molecule has 0 bridgehead atoms. The number of hydrogen-bond acceptors (Lipinski definition) is 3. The van der Waals surface area contributed by atoms with Crippen LogP contribution in [0.15, 0.2) is 30.3 Å². The van der Waals surface area contributed by atoms with Gasteiger partial charge in [0.05, 0.1) is 0 Å². The van der Waals surface area contributed by atoms with E-state index < -0.39 is 6.04 Å². The SMILES string of the molecule is CN(CCCCCO)C(=O)[C@@H](N)c1ccccc1. The standard InChI is InChI=1S/C14H22N2O2/c1-16(10-6-3-7-11-17)14(18)13(15)12-8-4-2-5-9-12/h2,4-5,8-9,13,17H,3,6-7,10-11,15H2,1H3/t13-/m0/s1. The summed E-state index contributed by atoms with van der Waals surface area (Å²) in [5.74, 6) is -0.0646. The molecule has 1 rings (SSSR count). The topological polar surface area (TPSA) is 66.6 Å². The maximum absolute atomic E-state index is 12.1. The highest BCUT2D eigenvalue weighted by molar-refractivity contribution is 5.82. The van der Waals surface area contributed by atoms with Crippen molar-refractivity contribution >= 4 is 5.91 Å². The quantitative estimate of drug-likeness (QED) is 0.717. The van der Waals surface area contributed by atoms with E-state index in [9.17, 15) is 4.79 Å². The lowest BCUT2D eigenvalue weighted by molar-refractivity contribution is -0.131. The van der Waals surface area contributed by atoms with E-state index in [-0.39, 0.29) is 12.5 Å². The predicted octanol–water partition coefficient (Wildman–Crippen LogP) is 1.31. The van der Waals surface area contributed by atoms with E-state index in [1.165, 1.54) is 0 Å². The minimum atomic E-state index is -0.589. The lowest BCUT2D eigenvalue weighted by atomic mass is 10.1. The van der Waals surface area contributed by atoms with Crippen LogP contribution in [0.3, 0.4) is 0 Å². The van der Waals surface area contributed by atoms with Gasteiger partial charge in [0.15, 0.2) is 0 Å². The van der Waals surface area contributed by atoms with Gasteiger partial charge in [0.2, 0.25) is 5.91 Å². The predicted molar refractivity (Wildman–Crippen MR) is 71.9 cm³/mol. The molecule has 4 nitrogen and oxygen atoms in total. The van der Waals surface area contributed by atoms with E-state index in [1.54, 1.807) is 11.9 Å². The van der Waals surface area contributed by atoms with E-state index in [4.69, 9.17) is 10.8 Å². The van der Waals surface area contributed by atoms with Crippen LogP contribution in [0, 0.1) is 0 Å². The summed E-state index contributed by atoms with van der Waals surface area (Å²) in [5, 5.41) is 8.68. The summed E-state index contributed by atoms with van der Waals surface area (Å²) in [4.78, 5) is 13.7. The molecular formula is C14H22N2O2. The molecule has 0 aliphatic heterocycles. The first-order chi connectivity index (χ1) is 8.66. The number of benzene rings is 1. The molecule has 0 saturated carbocycles. The average Bonchev–Trinajstić information content (AvgIpc) is 2.42. The number of carbonyl (C=O) groups is 1. The van der Waals surface area contributed by atoms with E-state index in [1.807, 2.05) is 30.3 Å². The van der Waals surface area contributed by atoms with Crippen molar-refractivity contribution in [2.24, 2.45) is 5.73 Å². The van der Waals surface area contributed by atoms with Crippen LogP contribution >= 0.6 is 0 Å². The lowest BCUT2D eigenvalue weighted by Crippen LogP contribution is -2.36. The Balaban J connectivity index is 2.43. The van der Waals surface area contributed by atoms with Gasteiger partial charge >= 0.3 is 0 Å². The number of likely N-dealkylation sites (N-methyl/N-ethyl adjacent to an activating group) is 1. The van der Waals surface area contributed by atoms with Crippen molar-refractivity contribution in [3.63, 3.8) is 0 Å². The van der Waals surface area contributed by atoms with Crippen LogP contribution < -0.4 is 5.73 Å². The first-order valence-electron chi connectivity index (χ1n) is 6.33. The number of aliphatic hydroxyl groups is 1. The van der Waals surface area contributed by atoms with Gasteiger partial charge in [-0.3, -0.25) is 4.79 Å². The number of rotatable bonds is 7. The fourth-order valence-electron chi connectivity index (χ4n) is 1.79. The number of unbranched alkanes of at least 4 members (excludes halogenated alkanes) is 2. The minimum Gasteiger partial charge on any atom is -0.396 e. The Morgan fingerprint density at radius 1 is 1.28 bits per heavy atom. The highest BCUT2D eigenvalue weighted by Gasteiger charge is 2.18. The van der Waals surface area contributed by atoms with Crippen LogP contribution in [0.2, 0.25) is 0 Å². The maximum Gasteiger partial charge on any atom is 0.243 e. The monoisotopic (exact) mass is 250 g/mol. The van der Waals surface area contributed by atoms with Gasteiger partial charge in [-0.1, -0.05) is 30.3 Å². The molecule has 1 amide bonds. The summed E-state index contributed by atoms with van der Waals surface area (Å²) >= 11 is 0. The van der Waals surface area contributed by atoms with Crippen LogP contribution in [0.5, 0.6) is 0 Å². The normalized spacial score (nSPS) is 12.2. The molecule has 18 heavy (non-hydrogen) atoms. The van der Waals surface area contributed by atoms with Gasteiger partial charge in [0, 0.05) is 20.2 Å². The zero-order chi connectivity index (χ0) is 13.4. The van der Waals surface area contributed by atoms with E-state index in [0.717, 1.165) is 24.8 Å². The minimum absolute atomic E-state index is 0.0646. The third-order valence-corrected chi connectivity index (χ3v) is 2.95. The van der Waals surface area contributed by atoms with Crippen molar-refractivity contribution in [2.45, 2.75) is 25.3 Å². The fourth-order valence-corrected chi connectivity index (χ4v) is 1.79. The second kappa shape index (κ2) is 7.84. The molecule has 4 heteroatoms. The Hall–Kier alpha value is -1.39. The number of nitrogens with zero attached hydrogens (tertiary/aromatic N) is 1. The smallest absolute Gasteiger partial charge is 0.243 e. The van der Waals surface area contributed by atoms with Crippen molar-refractivity contribution < 1.29 is 9.90 Å². The molecule has 0 heterocycles. The van der Waals surface area contributed by atoms with Gasteiger partial charge < -0.3 is 15.7 Å². The molecule has 0 aliphatic carbocycles. The van der Waals surface area contributed by atoms with Gasteiger partial charge in [-0.25, -0.2) is 0 Å². The Morgan fingerprint density at radius 3 is 2.56 bits per heavy atom. The Kier molecular flexibility index (Phi) is 6.39. The lowest BCUT2D eigenvalue weighted by Gasteiger charge is -2.21. The van der Waals surface area contributed by atoms with Crippen LogP contribution in [0.1, 0.15) is 30.9 Å². The molecule has 1 aromatic carbocycles. The summed E-state index contributed by atoms with van der Waals surface area (Å²) in [7, 11) is 1.77. The first kappa shape index (κ1) is 14.7. The van der Waals surface area contributed by atoms with Gasteiger partial charge in [-0.05, 0) is 24.8 Å². The molecule has 1 atom stereocenters. The van der Waals surface area contributed by atoms with Gasteiger partial charge in [0.25, 0.3) is 0 Å². The number of amides is 1. The molecule has 0 aromatic heterocycles. The molecule has 0 saturated heterocycles. The van der Waals surface area contributed by atoms with Crippen LogP contribution in [0.25, 0.3) is 0 Å². The Bertz CT molecular complexity index is 354. The molecule has 0 spiro atoms. The van der Waals surface area contributed by atoms with Crippen LogP contribution in [-0.4, -0.2) is 36.1 Å². The van der Waals surface area contributed by atoms with E-state index >= 15 is 0 Å². The van der Waals surface area contributed by atoms with Crippen LogP contribution in [0.4, 0.5) is 0 Å². The zero-order valence-corrected chi connectivity index (χ0v) is 10.9. The van der Waals surface area contributed by atoms with Gasteiger partial charge in [-0.2, -0.15) is 0 Å². The van der Waals surface area contributed by atoms with Crippen molar-refractivity contribution in [2.75, 3.05) is 20.2 Å². The Morgan fingerprint density at radius 2 is 1.94 bits per heavy atom. The van der Waals surface area contributed by atoms with Gasteiger partial charge in [-0.15, -0.1) is 0 Å². The maximum atomic E-state index is 12.1. The molecule has 0 unspecified atom stereocenters. The molecule has 0 aliphatic rings. The summed E-state index contributed by atoms with van der Waals surface area (Å²) in [6.07, 6.45) is 2.60. The van der Waals surface area contributed by atoms with Crippen LogP contribution in [-0.2, 0) is 4.79 Å². The highest BCUT2D eigenvalue weighted by Crippen LogP contribution is 2.12. The molecular weight excluding hydrogens is 228 g/mol. The average molecular weight is 250 g/mol. The number of hydrogen-bond donors (Lipinski definition) is 2. The van der Waals surface area contributed by atoms with Gasteiger partial charge in [0.1, 0.15) is 6.04 Å². The molecule has 0 fully saturated rings. The third kappa shape index (κ3) is 4.47. The molecule has 1 aromatic rings. The molecule has 3 N–H and O–H groups in total. The second-order valence-electron chi connectivity index (χ2n) is 4.43. The number of carbonyl (C=O) groups excluding carboxylic acids is 1. The summed E-state index contributed by atoms with van der Waals surface area (Å²) in [5.41, 5.74) is 6.78. The zero-order valence-electron chi connectivity index (χ0n) is 10.9. The van der Waals surface area contributed by atoms with Crippen molar-refractivity contribution in [1.82, 2.24) is 4.90 Å². The second-order valence-corrected chi connectivity index (χ2v) is 4.43. The summed E-state index contributed by atoms with van der Waals surface area (Å²) < 4.78 is 0. The van der Waals surface area contributed by atoms with Crippen molar-refractivity contribution in [3.05, 3.63) is 35.9 Å². The van der Waals surface area contributed by atoms with E-state index in [0.29, 0.717) is 6.54 Å². The fraction of sp³-hybridized carbons (Fsp3) is 0.500. The Labute approximate surface area is 108 Å². The first-order valence-corrected chi connectivity index (χ1v) is 6.33. The molecule has 100 valence electrons. The van der Waals surface area contributed by atoms with E-state index in [2.05, 4.69) is 0 Å². The number of aliphatic hydroxyl groups excluding tert-OH is 1. The van der Waals surface area contributed by atoms with Crippen molar-refractivity contribution in [1.29, 1.82) is 0 Å². The highest BCUT2D eigenvalue weighted by atomic mass is 16.2. The van der Waals surface area contributed by atoms with Crippen molar-refractivity contribution in [3.8, 4) is 0 Å². The molecule has 0 radical (unpaired) electrons. The third-order valence-electron chi connectivity index (χ3n) is 2.95. The summed E-state index contributed by atoms with van der Waals surface area (Å²) in [6.45, 7) is 0.889. The summed E-state index contributed by atoms with van der Waals surface area (Å²) in [6, 6.07) is 8.80. The number of nitrogens with two attached hydrogens (primary N) is 1.